The van der Waals surface area contributed by atoms with Gasteiger partial charge < -0.3 is 24.8 Å². The summed E-state index contributed by atoms with van der Waals surface area (Å²) in [5.74, 6) is 0.936. The number of aryl methyl sites for hydroxylation is 1. The van der Waals surface area contributed by atoms with Crippen LogP contribution in [0.2, 0.25) is 0 Å². The summed E-state index contributed by atoms with van der Waals surface area (Å²) in [6.45, 7) is 10.8. The highest BCUT2D eigenvalue weighted by atomic mass is 79.9. The maximum atomic E-state index is 12.3. The van der Waals surface area contributed by atoms with Crippen LogP contribution in [0.1, 0.15) is 24.5 Å². The smallest absolute Gasteiger partial charge is 0.262 e. The summed E-state index contributed by atoms with van der Waals surface area (Å²) in [7, 11) is 0. The molecule has 8 heteroatoms. The summed E-state index contributed by atoms with van der Waals surface area (Å²) in [5.41, 5.74) is 2.97. The number of carbonyl (C=O) groups is 1. The molecule has 0 saturated carbocycles. The molecule has 0 unspecified atom stereocenters. The number of hydrogen-bond acceptors (Lipinski definition) is 6. The van der Waals surface area contributed by atoms with Crippen LogP contribution in [0.15, 0.2) is 40.9 Å². The van der Waals surface area contributed by atoms with Crippen LogP contribution in [0.5, 0.6) is 11.5 Å². The van der Waals surface area contributed by atoms with Crippen LogP contribution in [0.3, 0.4) is 0 Å². The molecule has 2 aromatic rings. The minimum atomic E-state index is -0.223. The van der Waals surface area contributed by atoms with E-state index in [0.717, 1.165) is 73.6 Å². The number of anilines is 1. The van der Waals surface area contributed by atoms with E-state index in [4.69, 9.17) is 14.2 Å². The van der Waals surface area contributed by atoms with Crippen LogP contribution < -0.4 is 20.1 Å². The predicted octanol–water partition coefficient (Wildman–Crippen LogP) is 3.99. The van der Waals surface area contributed by atoms with Crippen LogP contribution in [0.4, 0.5) is 5.69 Å². The molecule has 0 radical (unpaired) electrons. The molecule has 1 aliphatic rings. The first-order valence-corrected chi connectivity index (χ1v) is 12.3. The Bertz CT molecular complexity index is 886. The molecular weight excluding hydrogens is 486 g/mol. The molecule has 0 aliphatic carbocycles. The summed E-state index contributed by atoms with van der Waals surface area (Å²) >= 11 is 3.58. The minimum absolute atomic E-state index is 0.105. The SMILES string of the molecule is CCOc1cc(CNCCCN2CCOCC2)cc(Br)c1OCC(=O)Nc1ccc(C)cc1. The monoisotopic (exact) mass is 519 g/mol. The highest BCUT2D eigenvalue weighted by molar-refractivity contribution is 9.10. The summed E-state index contributed by atoms with van der Waals surface area (Å²) in [6, 6.07) is 11.6. The zero-order chi connectivity index (χ0) is 23.5. The Labute approximate surface area is 204 Å². The summed E-state index contributed by atoms with van der Waals surface area (Å²) < 4.78 is 17.8. The van der Waals surface area contributed by atoms with Gasteiger partial charge in [0.15, 0.2) is 18.1 Å². The third-order valence-electron chi connectivity index (χ3n) is 5.31. The highest BCUT2D eigenvalue weighted by Crippen LogP contribution is 2.37. The van der Waals surface area contributed by atoms with Gasteiger partial charge >= 0.3 is 0 Å². The lowest BCUT2D eigenvalue weighted by Gasteiger charge is -2.26. The van der Waals surface area contributed by atoms with E-state index in [9.17, 15) is 4.79 Å². The first kappa shape index (κ1) is 25.5. The Morgan fingerprint density at radius 3 is 2.64 bits per heavy atom. The zero-order valence-electron chi connectivity index (χ0n) is 19.5. The molecular formula is C25H34BrN3O4. The van der Waals surface area contributed by atoms with Gasteiger partial charge in [0, 0.05) is 25.3 Å². The van der Waals surface area contributed by atoms with Gasteiger partial charge in [-0.3, -0.25) is 9.69 Å². The lowest BCUT2D eigenvalue weighted by Crippen LogP contribution is -2.37. The molecule has 1 aliphatic heterocycles. The second-order valence-electron chi connectivity index (χ2n) is 8.03. The molecule has 180 valence electrons. The first-order valence-electron chi connectivity index (χ1n) is 11.5. The Hall–Kier alpha value is -2.13. The van der Waals surface area contributed by atoms with Crippen LogP contribution >= 0.6 is 15.9 Å². The van der Waals surface area contributed by atoms with Crippen LogP contribution in [-0.2, 0) is 16.1 Å². The molecule has 2 N–H and O–H groups in total. The second kappa shape index (κ2) is 13.5. The van der Waals surface area contributed by atoms with E-state index >= 15 is 0 Å². The van der Waals surface area contributed by atoms with Gasteiger partial charge in [0.1, 0.15) is 0 Å². The van der Waals surface area contributed by atoms with E-state index in [0.29, 0.717) is 18.1 Å². The number of morpholine rings is 1. The Morgan fingerprint density at radius 1 is 1.15 bits per heavy atom. The van der Waals surface area contributed by atoms with E-state index in [1.165, 1.54) is 0 Å². The fourth-order valence-corrected chi connectivity index (χ4v) is 4.19. The number of halogens is 1. The van der Waals surface area contributed by atoms with E-state index < -0.39 is 0 Å². The van der Waals surface area contributed by atoms with Crippen molar-refractivity contribution < 1.29 is 19.0 Å². The largest absolute Gasteiger partial charge is 0.490 e. The summed E-state index contributed by atoms with van der Waals surface area (Å²) in [5, 5.41) is 6.34. The van der Waals surface area contributed by atoms with Crippen molar-refractivity contribution >= 4 is 27.5 Å². The number of nitrogens with one attached hydrogen (secondary N) is 2. The molecule has 2 aromatic carbocycles. The average Bonchev–Trinajstić information content (AvgIpc) is 2.81. The molecule has 0 bridgehead atoms. The quantitative estimate of drug-likeness (QED) is 0.413. The molecule has 1 amide bonds. The molecule has 1 fully saturated rings. The third kappa shape index (κ3) is 8.62. The standard InChI is InChI=1S/C25H34BrN3O4/c1-3-32-23-16-20(17-27-9-4-10-29-11-13-31-14-12-29)15-22(26)25(23)33-18-24(30)28-21-7-5-19(2)6-8-21/h5-8,15-16,27H,3-4,9-14,17-18H2,1-2H3,(H,28,30). The molecule has 0 atom stereocenters. The van der Waals surface area contributed by atoms with Crippen molar-refractivity contribution in [3.63, 3.8) is 0 Å². The lowest BCUT2D eigenvalue weighted by molar-refractivity contribution is -0.118. The van der Waals surface area contributed by atoms with Crippen LogP contribution in [0.25, 0.3) is 0 Å². The van der Waals surface area contributed by atoms with E-state index in [-0.39, 0.29) is 12.5 Å². The van der Waals surface area contributed by atoms with E-state index in [2.05, 4.69) is 31.5 Å². The van der Waals surface area contributed by atoms with Crippen LogP contribution in [0, 0.1) is 6.92 Å². The number of benzene rings is 2. The molecule has 1 heterocycles. The number of nitrogens with zero attached hydrogens (tertiary/aromatic N) is 1. The number of carbonyl (C=O) groups excluding carboxylic acids is 1. The Kier molecular flexibility index (Phi) is 10.5. The van der Waals surface area contributed by atoms with Crippen molar-refractivity contribution in [2.45, 2.75) is 26.8 Å². The molecule has 3 rings (SSSR count). The number of rotatable bonds is 12. The van der Waals surface area contributed by atoms with Gasteiger partial charge in [-0.1, -0.05) is 17.7 Å². The number of amides is 1. The van der Waals surface area contributed by atoms with Gasteiger partial charge in [-0.2, -0.15) is 0 Å². The van der Waals surface area contributed by atoms with Crippen molar-refractivity contribution in [2.24, 2.45) is 0 Å². The predicted molar refractivity (Wildman–Crippen MR) is 134 cm³/mol. The Balaban J connectivity index is 1.49. The average molecular weight is 520 g/mol. The van der Waals surface area contributed by atoms with Gasteiger partial charge in [-0.05, 0) is 79.1 Å². The molecule has 0 spiro atoms. The second-order valence-corrected chi connectivity index (χ2v) is 8.88. The number of hydrogen-bond donors (Lipinski definition) is 2. The normalized spacial score (nSPS) is 14.2. The molecule has 1 saturated heterocycles. The lowest BCUT2D eigenvalue weighted by atomic mass is 10.2. The summed E-state index contributed by atoms with van der Waals surface area (Å²) in [4.78, 5) is 14.8. The van der Waals surface area contributed by atoms with Gasteiger partial charge in [0.25, 0.3) is 5.91 Å². The Morgan fingerprint density at radius 2 is 1.91 bits per heavy atom. The van der Waals surface area contributed by atoms with Crippen molar-refractivity contribution in [2.75, 3.05) is 57.9 Å². The maximum Gasteiger partial charge on any atom is 0.262 e. The molecule has 7 nitrogen and oxygen atoms in total. The van der Waals surface area contributed by atoms with Crippen molar-refractivity contribution in [1.29, 1.82) is 0 Å². The van der Waals surface area contributed by atoms with Crippen molar-refractivity contribution in [1.82, 2.24) is 10.2 Å². The van der Waals surface area contributed by atoms with Gasteiger partial charge in [-0.15, -0.1) is 0 Å². The maximum absolute atomic E-state index is 12.3. The van der Waals surface area contributed by atoms with Crippen LogP contribution in [-0.4, -0.2) is 63.4 Å². The fourth-order valence-electron chi connectivity index (χ4n) is 3.58. The van der Waals surface area contributed by atoms with E-state index in [1.54, 1.807) is 0 Å². The van der Waals surface area contributed by atoms with Gasteiger partial charge in [-0.25, -0.2) is 0 Å². The minimum Gasteiger partial charge on any atom is -0.490 e. The first-order chi connectivity index (χ1) is 16.0. The highest BCUT2D eigenvalue weighted by Gasteiger charge is 2.15. The van der Waals surface area contributed by atoms with Gasteiger partial charge in [0.2, 0.25) is 0 Å². The van der Waals surface area contributed by atoms with Crippen molar-refractivity contribution in [3.8, 4) is 11.5 Å². The van der Waals surface area contributed by atoms with Crippen molar-refractivity contribution in [3.05, 3.63) is 52.0 Å². The van der Waals surface area contributed by atoms with Gasteiger partial charge in [0.05, 0.1) is 24.3 Å². The van der Waals surface area contributed by atoms with E-state index in [1.807, 2.05) is 50.2 Å². The molecule has 33 heavy (non-hydrogen) atoms. The topological polar surface area (TPSA) is 72.1 Å². The fraction of sp³-hybridized carbons (Fsp3) is 0.480. The number of ether oxygens (including phenoxy) is 3. The molecule has 0 aromatic heterocycles. The zero-order valence-corrected chi connectivity index (χ0v) is 21.1. The summed E-state index contributed by atoms with van der Waals surface area (Å²) in [6.07, 6.45) is 1.09. The third-order valence-corrected chi connectivity index (χ3v) is 5.90.